The van der Waals surface area contributed by atoms with Crippen molar-refractivity contribution in [2.75, 3.05) is 0 Å². The molecule has 90 valence electrons. The van der Waals surface area contributed by atoms with Gasteiger partial charge in [0.05, 0.1) is 5.52 Å². The monoisotopic (exact) mass is 231 g/mol. The van der Waals surface area contributed by atoms with Gasteiger partial charge in [0.15, 0.2) is 5.58 Å². The maximum Gasteiger partial charge on any atom is 0.419 e. The largest absolute Gasteiger partial charge is 0.419 e. The van der Waals surface area contributed by atoms with E-state index >= 15 is 0 Å². The minimum absolute atomic E-state index is 0.262. The number of para-hydroxylation sites is 2. The summed E-state index contributed by atoms with van der Waals surface area (Å²) in [6, 6.07) is 7.53. The van der Waals surface area contributed by atoms with Crippen LogP contribution in [0.15, 0.2) is 45.6 Å². The van der Waals surface area contributed by atoms with Crippen molar-refractivity contribution in [1.29, 1.82) is 0 Å². The molecule has 17 heavy (non-hydrogen) atoms. The van der Waals surface area contributed by atoms with Crippen molar-refractivity contribution in [2.24, 2.45) is 0 Å². The molecule has 0 bridgehead atoms. The lowest BCUT2D eigenvalue weighted by molar-refractivity contribution is 0.492. The molecular weight excluding hydrogens is 214 g/mol. The zero-order chi connectivity index (χ0) is 12.3. The quantitative estimate of drug-likeness (QED) is 0.584. The van der Waals surface area contributed by atoms with Gasteiger partial charge in [-0.3, -0.25) is 4.57 Å². The molecule has 0 saturated carbocycles. The fourth-order valence-corrected chi connectivity index (χ4v) is 1.92. The van der Waals surface area contributed by atoms with Crippen molar-refractivity contribution in [3.05, 3.63) is 47.0 Å². The topological polar surface area (TPSA) is 35.1 Å². The average molecular weight is 231 g/mol. The Kier molecular flexibility index (Phi) is 3.47. The Morgan fingerprint density at radius 3 is 2.88 bits per heavy atom. The van der Waals surface area contributed by atoms with Gasteiger partial charge in [0.25, 0.3) is 0 Å². The summed E-state index contributed by atoms with van der Waals surface area (Å²) in [7, 11) is 0. The van der Waals surface area contributed by atoms with Crippen LogP contribution < -0.4 is 5.76 Å². The van der Waals surface area contributed by atoms with Crippen molar-refractivity contribution >= 4 is 11.1 Å². The van der Waals surface area contributed by atoms with Crippen molar-refractivity contribution in [2.45, 2.75) is 32.7 Å². The number of hydrogen-bond acceptors (Lipinski definition) is 2. The van der Waals surface area contributed by atoms with Gasteiger partial charge in [0.1, 0.15) is 0 Å². The number of hydrogen-bond donors (Lipinski definition) is 0. The van der Waals surface area contributed by atoms with Gasteiger partial charge in [-0.2, -0.15) is 0 Å². The van der Waals surface area contributed by atoms with E-state index in [9.17, 15) is 4.79 Å². The van der Waals surface area contributed by atoms with Crippen molar-refractivity contribution in [1.82, 2.24) is 4.57 Å². The van der Waals surface area contributed by atoms with Crippen LogP contribution in [-0.4, -0.2) is 4.57 Å². The maximum atomic E-state index is 11.6. The fourth-order valence-electron chi connectivity index (χ4n) is 1.92. The molecule has 0 fully saturated rings. The highest BCUT2D eigenvalue weighted by atomic mass is 16.4. The molecule has 0 amide bonds. The van der Waals surface area contributed by atoms with E-state index in [1.165, 1.54) is 5.57 Å². The molecule has 0 radical (unpaired) electrons. The highest BCUT2D eigenvalue weighted by Crippen LogP contribution is 2.13. The molecule has 3 heteroatoms. The summed E-state index contributed by atoms with van der Waals surface area (Å²) in [4.78, 5) is 11.6. The summed E-state index contributed by atoms with van der Waals surface area (Å²) < 4.78 is 6.87. The Labute approximate surface area is 100 Å². The standard InChI is InChI=1S/C14H17NO2/c1-11(2)7-5-6-10-15-12-8-3-4-9-13(12)17-14(15)16/h3-4,8-9H,1,5-7,10H2,2H3. The molecule has 2 rings (SSSR count). The number of aryl methyl sites for hydroxylation is 1. The first-order valence-electron chi connectivity index (χ1n) is 5.91. The fraction of sp³-hybridized carbons (Fsp3) is 0.357. The highest BCUT2D eigenvalue weighted by Gasteiger charge is 2.07. The summed E-state index contributed by atoms with van der Waals surface area (Å²) in [5.74, 6) is -0.262. The summed E-state index contributed by atoms with van der Waals surface area (Å²) in [5, 5.41) is 0. The van der Waals surface area contributed by atoms with Gasteiger partial charge in [-0.05, 0) is 38.3 Å². The number of nitrogens with zero attached hydrogens (tertiary/aromatic N) is 1. The van der Waals surface area contributed by atoms with Crippen LogP contribution in [0.3, 0.4) is 0 Å². The SMILES string of the molecule is C=C(C)CCCCn1c(=O)oc2ccccc21. The van der Waals surface area contributed by atoms with Gasteiger partial charge in [-0.15, -0.1) is 6.58 Å². The van der Waals surface area contributed by atoms with Gasteiger partial charge < -0.3 is 4.42 Å². The first-order chi connectivity index (χ1) is 8.18. The molecule has 0 saturated heterocycles. The number of oxazole rings is 1. The van der Waals surface area contributed by atoms with Gasteiger partial charge in [-0.25, -0.2) is 4.79 Å². The summed E-state index contributed by atoms with van der Waals surface area (Å²) in [6.07, 6.45) is 3.04. The molecule has 0 N–H and O–H groups in total. The summed E-state index contributed by atoms with van der Waals surface area (Å²) in [5.41, 5.74) is 2.74. The van der Waals surface area contributed by atoms with Crippen LogP contribution in [0.2, 0.25) is 0 Å². The van der Waals surface area contributed by atoms with E-state index in [0.29, 0.717) is 12.1 Å². The molecule has 1 aromatic carbocycles. The summed E-state index contributed by atoms with van der Waals surface area (Å²) in [6.45, 7) is 6.61. The number of benzene rings is 1. The second-order valence-electron chi connectivity index (χ2n) is 4.40. The van der Waals surface area contributed by atoms with Crippen molar-refractivity contribution in [3.63, 3.8) is 0 Å². The minimum Gasteiger partial charge on any atom is -0.408 e. The van der Waals surface area contributed by atoms with Crippen LogP contribution in [0.4, 0.5) is 0 Å². The summed E-state index contributed by atoms with van der Waals surface area (Å²) >= 11 is 0. The van der Waals surface area contributed by atoms with Crippen LogP contribution in [0, 0.1) is 0 Å². The van der Waals surface area contributed by atoms with Gasteiger partial charge in [0, 0.05) is 6.54 Å². The molecule has 0 spiro atoms. The van der Waals surface area contributed by atoms with Crippen LogP contribution in [0.5, 0.6) is 0 Å². The molecule has 1 aromatic heterocycles. The Balaban J connectivity index is 2.10. The number of aromatic nitrogens is 1. The maximum absolute atomic E-state index is 11.6. The van der Waals surface area contributed by atoms with Gasteiger partial charge in [-0.1, -0.05) is 17.7 Å². The Hall–Kier alpha value is -1.77. The Bertz CT molecular complexity index is 577. The smallest absolute Gasteiger partial charge is 0.408 e. The highest BCUT2D eigenvalue weighted by molar-refractivity contribution is 5.72. The molecule has 0 unspecified atom stereocenters. The Morgan fingerprint density at radius 2 is 2.12 bits per heavy atom. The molecule has 0 aliphatic carbocycles. The van der Waals surface area contributed by atoms with E-state index < -0.39 is 0 Å². The number of rotatable bonds is 5. The third-order valence-corrected chi connectivity index (χ3v) is 2.81. The van der Waals surface area contributed by atoms with E-state index in [1.54, 1.807) is 4.57 Å². The molecule has 0 aliphatic heterocycles. The molecular formula is C14H17NO2. The zero-order valence-electron chi connectivity index (χ0n) is 10.1. The van der Waals surface area contributed by atoms with Gasteiger partial charge >= 0.3 is 5.76 Å². The second kappa shape index (κ2) is 5.04. The zero-order valence-corrected chi connectivity index (χ0v) is 10.1. The predicted octanol–water partition coefficient (Wildman–Crippen LogP) is 3.34. The molecule has 2 aromatic rings. The first kappa shape index (κ1) is 11.7. The normalized spacial score (nSPS) is 10.9. The third kappa shape index (κ3) is 2.67. The van der Waals surface area contributed by atoms with Crippen LogP contribution in [0.25, 0.3) is 11.1 Å². The lowest BCUT2D eigenvalue weighted by Crippen LogP contribution is -2.14. The minimum atomic E-state index is -0.262. The van der Waals surface area contributed by atoms with Crippen LogP contribution >= 0.6 is 0 Å². The lowest BCUT2D eigenvalue weighted by atomic mass is 10.1. The first-order valence-corrected chi connectivity index (χ1v) is 5.91. The second-order valence-corrected chi connectivity index (χ2v) is 4.40. The molecule has 0 atom stereocenters. The average Bonchev–Trinajstić information content (AvgIpc) is 2.60. The van der Waals surface area contributed by atoms with Gasteiger partial charge in [0.2, 0.25) is 0 Å². The number of allylic oxidation sites excluding steroid dienone is 1. The lowest BCUT2D eigenvalue weighted by Gasteiger charge is -2.02. The van der Waals surface area contributed by atoms with E-state index in [1.807, 2.05) is 31.2 Å². The van der Waals surface area contributed by atoms with Crippen LogP contribution in [0.1, 0.15) is 26.2 Å². The van der Waals surface area contributed by atoms with E-state index in [4.69, 9.17) is 4.42 Å². The molecule has 0 aliphatic rings. The van der Waals surface area contributed by atoms with E-state index in [0.717, 1.165) is 24.8 Å². The number of fused-ring (bicyclic) bond motifs is 1. The Morgan fingerprint density at radius 1 is 1.35 bits per heavy atom. The van der Waals surface area contributed by atoms with Crippen LogP contribution in [-0.2, 0) is 6.54 Å². The predicted molar refractivity (Wildman–Crippen MR) is 69.1 cm³/mol. The van der Waals surface area contributed by atoms with E-state index in [-0.39, 0.29) is 5.76 Å². The third-order valence-electron chi connectivity index (χ3n) is 2.81. The van der Waals surface area contributed by atoms with E-state index in [2.05, 4.69) is 6.58 Å². The van der Waals surface area contributed by atoms with Crippen molar-refractivity contribution in [3.8, 4) is 0 Å². The number of unbranched alkanes of at least 4 members (excludes halogenated alkanes) is 1. The molecule has 1 heterocycles. The molecule has 3 nitrogen and oxygen atoms in total. The van der Waals surface area contributed by atoms with Crippen molar-refractivity contribution < 1.29 is 4.42 Å².